The maximum absolute atomic E-state index is 13.3. The lowest BCUT2D eigenvalue weighted by Crippen LogP contribution is -2.46. The first-order chi connectivity index (χ1) is 15.6. The number of benzene rings is 3. The van der Waals surface area contributed by atoms with Crippen LogP contribution in [-0.4, -0.2) is 18.6 Å². The Balaban J connectivity index is 1.41. The molecule has 0 spiro atoms. The van der Waals surface area contributed by atoms with E-state index < -0.39 is 6.10 Å². The number of unbranched alkanes of at least 4 members (excludes halogenated alkanes) is 1. The van der Waals surface area contributed by atoms with Crippen LogP contribution in [0.3, 0.4) is 0 Å². The minimum Gasteiger partial charge on any atom is -0.493 e. The number of fused-ring (bicyclic) bond motifs is 1. The molecular formula is C27H28ClNO3. The van der Waals surface area contributed by atoms with Gasteiger partial charge in [-0.2, -0.15) is 0 Å². The summed E-state index contributed by atoms with van der Waals surface area (Å²) in [6, 6.07) is 23.4. The second-order valence-electron chi connectivity index (χ2n) is 8.01. The highest BCUT2D eigenvalue weighted by molar-refractivity contribution is 6.30. The number of halogens is 1. The van der Waals surface area contributed by atoms with Crippen molar-refractivity contribution in [3.63, 3.8) is 0 Å². The maximum atomic E-state index is 13.3. The van der Waals surface area contributed by atoms with Crippen molar-refractivity contribution >= 4 is 23.2 Å². The summed E-state index contributed by atoms with van der Waals surface area (Å²) in [4.78, 5) is 15.1. The van der Waals surface area contributed by atoms with Gasteiger partial charge in [-0.05, 0) is 60.4 Å². The molecule has 32 heavy (non-hydrogen) atoms. The highest BCUT2D eigenvalue weighted by Gasteiger charge is 2.34. The van der Waals surface area contributed by atoms with Crippen LogP contribution >= 0.6 is 11.6 Å². The van der Waals surface area contributed by atoms with Gasteiger partial charge in [0.2, 0.25) is 0 Å². The van der Waals surface area contributed by atoms with Gasteiger partial charge in [0.05, 0.1) is 18.8 Å². The fraction of sp³-hybridized carbons (Fsp3) is 0.296. The summed E-state index contributed by atoms with van der Waals surface area (Å²) in [5.74, 6) is 1.45. The van der Waals surface area contributed by atoms with Crippen LogP contribution in [0.1, 0.15) is 37.3 Å². The van der Waals surface area contributed by atoms with E-state index in [4.69, 9.17) is 21.1 Å². The number of nitrogens with zero attached hydrogens (tertiary/aromatic N) is 1. The van der Waals surface area contributed by atoms with Crippen LogP contribution in [0.15, 0.2) is 72.8 Å². The molecule has 0 aliphatic carbocycles. The molecule has 1 amide bonds. The Bertz CT molecular complexity index is 1050. The lowest BCUT2D eigenvalue weighted by molar-refractivity contribution is -0.127. The average Bonchev–Trinajstić information content (AvgIpc) is 2.81. The van der Waals surface area contributed by atoms with Crippen molar-refractivity contribution in [3.8, 4) is 11.5 Å². The number of aryl methyl sites for hydroxylation is 1. The quantitative estimate of drug-likeness (QED) is 0.377. The summed E-state index contributed by atoms with van der Waals surface area (Å²) in [7, 11) is 0. The second-order valence-corrected chi connectivity index (χ2v) is 8.45. The summed E-state index contributed by atoms with van der Waals surface area (Å²) >= 11 is 6.14. The number of hydrogen-bond donors (Lipinski definition) is 0. The van der Waals surface area contributed by atoms with Crippen LogP contribution in [0.25, 0.3) is 0 Å². The molecule has 4 nitrogen and oxygen atoms in total. The summed E-state index contributed by atoms with van der Waals surface area (Å²) in [5, 5.41) is 0.655. The van der Waals surface area contributed by atoms with E-state index in [0.29, 0.717) is 30.3 Å². The Morgan fingerprint density at radius 1 is 1.00 bits per heavy atom. The molecule has 1 aliphatic rings. The van der Waals surface area contributed by atoms with Crippen molar-refractivity contribution in [1.29, 1.82) is 0 Å². The summed E-state index contributed by atoms with van der Waals surface area (Å²) in [6.45, 7) is 3.04. The number of amides is 1. The summed E-state index contributed by atoms with van der Waals surface area (Å²) < 4.78 is 11.9. The molecule has 0 bridgehead atoms. The molecule has 0 saturated heterocycles. The first-order valence-electron chi connectivity index (χ1n) is 11.2. The zero-order valence-electron chi connectivity index (χ0n) is 18.3. The molecule has 166 valence electrons. The zero-order valence-corrected chi connectivity index (χ0v) is 19.1. The SMILES string of the molecule is CCCCc1ccc(OCCC2Oc3ccccc3N(Cc3cccc(Cl)c3)C2=O)cc1. The maximum Gasteiger partial charge on any atom is 0.268 e. The molecule has 1 unspecified atom stereocenters. The number of ether oxygens (including phenoxy) is 2. The summed E-state index contributed by atoms with van der Waals surface area (Å²) in [5.41, 5.74) is 3.07. The fourth-order valence-corrected chi connectivity index (χ4v) is 4.07. The number of carbonyl (C=O) groups excluding carboxylic acids is 1. The van der Waals surface area contributed by atoms with E-state index >= 15 is 0 Å². The molecule has 0 radical (unpaired) electrons. The van der Waals surface area contributed by atoms with Crippen LogP contribution in [-0.2, 0) is 17.8 Å². The van der Waals surface area contributed by atoms with Gasteiger partial charge in [-0.15, -0.1) is 0 Å². The van der Waals surface area contributed by atoms with Crippen molar-refractivity contribution in [2.75, 3.05) is 11.5 Å². The molecule has 1 heterocycles. The monoisotopic (exact) mass is 449 g/mol. The number of para-hydroxylation sites is 2. The number of carbonyl (C=O) groups is 1. The van der Waals surface area contributed by atoms with Crippen LogP contribution in [0.5, 0.6) is 11.5 Å². The third kappa shape index (κ3) is 5.43. The Labute approximate surface area is 194 Å². The lowest BCUT2D eigenvalue weighted by atomic mass is 10.1. The van der Waals surface area contributed by atoms with E-state index in [9.17, 15) is 4.79 Å². The summed E-state index contributed by atoms with van der Waals surface area (Å²) in [6.07, 6.45) is 3.34. The first-order valence-corrected chi connectivity index (χ1v) is 11.5. The fourth-order valence-electron chi connectivity index (χ4n) is 3.86. The highest BCUT2D eigenvalue weighted by atomic mass is 35.5. The molecule has 3 aromatic rings. The standard InChI is InChI=1S/C27H28ClNO3/c1-2-3-7-20-12-14-23(15-13-20)31-17-16-26-27(30)29(19-21-8-6-9-22(28)18-21)24-10-4-5-11-25(24)32-26/h4-6,8-15,18,26H,2-3,7,16-17,19H2,1H3. The molecule has 4 rings (SSSR count). The van der Waals surface area contributed by atoms with Crippen molar-refractivity contribution < 1.29 is 14.3 Å². The van der Waals surface area contributed by atoms with Crippen LogP contribution in [0.2, 0.25) is 5.02 Å². The average molecular weight is 450 g/mol. The van der Waals surface area contributed by atoms with E-state index in [1.165, 1.54) is 18.4 Å². The van der Waals surface area contributed by atoms with Gasteiger partial charge in [-0.1, -0.05) is 61.3 Å². The Morgan fingerprint density at radius 3 is 2.59 bits per heavy atom. The minimum absolute atomic E-state index is 0.0674. The number of hydrogen-bond acceptors (Lipinski definition) is 3. The van der Waals surface area contributed by atoms with Crippen molar-refractivity contribution in [2.24, 2.45) is 0 Å². The van der Waals surface area contributed by atoms with Crippen LogP contribution < -0.4 is 14.4 Å². The topological polar surface area (TPSA) is 38.8 Å². The predicted molar refractivity (Wildman–Crippen MR) is 129 cm³/mol. The van der Waals surface area contributed by atoms with Gasteiger partial charge in [0.25, 0.3) is 5.91 Å². The molecule has 1 aliphatic heterocycles. The third-order valence-electron chi connectivity index (χ3n) is 5.59. The molecule has 0 saturated carbocycles. The Morgan fingerprint density at radius 2 is 1.81 bits per heavy atom. The van der Waals surface area contributed by atoms with Gasteiger partial charge in [0.1, 0.15) is 11.5 Å². The lowest BCUT2D eigenvalue weighted by Gasteiger charge is -2.34. The van der Waals surface area contributed by atoms with E-state index in [1.807, 2.05) is 60.7 Å². The van der Waals surface area contributed by atoms with Crippen LogP contribution in [0, 0.1) is 0 Å². The van der Waals surface area contributed by atoms with E-state index in [1.54, 1.807) is 4.90 Å². The molecule has 1 atom stereocenters. The highest BCUT2D eigenvalue weighted by Crippen LogP contribution is 2.35. The number of rotatable bonds is 9. The van der Waals surface area contributed by atoms with Crippen molar-refractivity contribution in [3.05, 3.63) is 88.9 Å². The molecule has 0 N–H and O–H groups in total. The zero-order chi connectivity index (χ0) is 22.3. The molecule has 3 aromatic carbocycles. The largest absolute Gasteiger partial charge is 0.493 e. The van der Waals surface area contributed by atoms with Gasteiger partial charge in [-0.25, -0.2) is 0 Å². The third-order valence-corrected chi connectivity index (χ3v) is 5.82. The van der Waals surface area contributed by atoms with E-state index in [2.05, 4.69) is 19.1 Å². The minimum atomic E-state index is -0.590. The normalized spacial score (nSPS) is 15.2. The van der Waals surface area contributed by atoms with E-state index in [-0.39, 0.29) is 5.91 Å². The molecule has 0 aromatic heterocycles. The van der Waals surface area contributed by atoms with E-state index in [0.717, 1.165) is 23.4 Å². The smallest absolute Gasteiger partial charge is 0.268 e. The Hall–Kier alpha value is -2.98. The van der Waals surface area contributed by atoms with Gasteiger partial charge in [0.15, 0.2) is 6.10 Å². The van der Waals surface area contributed by atoms with Crippen molar-refractivity contribution in [2.45, 2.75) is 45.3 Å². The first kappa shape index (κ1) is 22.2. The molecule has 0 fully saturated rings. The van der Waals surface area contributed by atoms with Crippen molar-refractivity contribution in [1.82, 2.24) is 0 Å². The second kappa shape index (κ2) is 10.6. The van der Waals surface area contributed by atoms with Gasteiger partial charge < -0.3 is 14.4 Å². The van der Waals surface area contributed by atoms with Crippen LogP contribution in [0.4, 0.5) is 5.69 Å². The van der Waals surface area contributed by atoms with Gasteiger partial charge in [0, 0.05) is 11.4 Å². The molecular weight excluding hydrogens is 422 g/mol. The number of anilines is 1. The van der Waals surface area contributed by atoms with Gasteiger partial charge in [-0.3, -0.25) is 4.79 Å². The molecule has 5 heteroatoms. The predicted octanol–water partition coefficient (Wildman–Crippen LogP) is 6.45. The Kier molecular flexibility index (Phi) is 7.33. The van der Waals surface area contributed by atoms with Gasteiger partial charge >= 0.3 is 0 Å².